The fraction of sp³-hybridized carbons (Fsp3) is 0.0526. The van der Waals surface area contributed by atoms with E-state index in [-0.39, 0.29) is 0 Å². The SMILES string of the molecule is c1ccc2c(c1)Cc1c(-c3nc4ccncc4[nH]3)cccc1-2. The van der Waals surface area contributed by atoms with Gasteiger partial charge >= 0.3 is 0 Å². The van der Waals surface area contributed by atoms with Crippen LogP contribution in [0.4, 0.5) is 0 Å². The zero-order chi connectivity index (χ0) is 14.5. The summed E-state index contributed by atoms with van der Waals surface area (Å²) < 4.78 is 0. The summed E-state index contributed by atoms with van der Waals surface area (Å²) in [5, 5.41) is 0. The molecule has 0 saturated carbocycles. The van der Waals surface area contributed by atoms with Gasteiger partial charge < -0.3 is 4.98 Å². The molecule has 22 heavy (non-hydrogen) atoms. The van der Waals surface area contributed by atoms with Crippen molar-refractivity contribution in [2.45, 2.75) is 6.42 Å². The van der Waals surface area contributed by atoms with Gasteiger partial charge in [-0.2, -0.15) is 0 Å². The zero-order valence-corrected chi connectivity index (χ0v) is 11.9. The van der Waals surface area contributed by atoms with Crippen molar-refractivity contribution in [2.24, 2.45) is 0 Å². The first-order valence-electron chi connectivity index (χ1n) is 7.40. The summed E-state index contributed by atoms with van der Waals surface area (Å²) in [6, 6.07) is 17.0. The molecule has 3 nitrogen and oxygen atoms in total. The third-order valence-electron chi connectivity index (χ3n) is 4.39. The van der Waals surface area contributed by atoms with E-state index in [1.165, 1.54) is 27.8 Å². The van der Waals surface area contributed by atoms with E-state index in [0.29, 0.717) is 0 Å². The normalized spacial score (nSPS) is 12.4. The molecule has 0 fully saturated rings. The van der Waals surface area contributed by atoms with Crippen LogP contribution < -0.4 is 0 Å². The molecule has 0 atom stereocenters. The zero-order valence-electron chi connectivity index (χ0n) is 11.9. The summed E-state index contributed by atoms with van der Waals surface area (Å²) in [6.45, 7) is 0. The summed E-state index contributed by atoms with van der Waals surface area (Å²) >= 11 is 0. The molecule has 1 N–H and O–H groups in total. The Morgan fingerprint density at radius 1 is 0.864 bits per heavy atom. The number of benzene rings is 2. The molecule has 1 aliphatic rings. The van der Waals surface area contributed by atoms with Gasteiger partial charge in [0.25, 0.3) is 0 Å². The number of aromatic nitrogens is 3. The Morgan fingerprint density at radius 2 is 1.73 bits per heavy atom. The topological polar surface area (TPSA) is 41.6 Å². The molecule has 0 spiro atoms. The molecule has 2 aromatic heterocycles. The number of H-pyrrole nitrogens is 1. The van der Waals surface area contributed by atoms with Gasteiger partial charge in [-0.25, -0.2) is 4.98 Å². The van der Waals surface area contributed by atoms with Gasteiger partial charge in [-0.15, -0.1) is 0 Å². The molecule has 3 heteroatoms. The second kappa shape index (κ2) is 4.28. The van der Waals surface area contributed by atoms with Crippen LogP contribution in [0.1, 0.15) is 11.1 Å². The lowest BCUT2D eigenvalue weighted by atomic mass is 10.0. The number of nitrogens with zero attached hydrogens (tertiary/aromatic N) is 2. The van der Waals surface area contributed by atoms with Crippen LogP contribution in [0.25, 0.3) is 33.5 Å². The number of hydrogen-bond donors (Lipinski definition) is 1. The first-order chi connectivity index (χ1) is 10.9. The van der Waals surface area contributed by atoms with E-state index in [2.05, 4.69) is 52.4 Å². The number of rotatable bonds is 1. The average molecular weight is 283 g/mol. The van der Waals surface area contributed by atoms with E-state index < -0.39 is 0 Å². The molecule has 2 heterocycles. The molecular weight excluding hydrogens is 270 g/mol. The monoisotopic (exact) mass is 283 g/mol. The molecule has 0 amide bonds. The summed E-state index contributed by atoms with van der Waals surface area (Å²) in [5.74, 6) is 0.924. The van der Waals surface area contributed by atoms with Gasteiger partial charge in [-0.1, -0.05) is 42.5 Å². The quantitative estimate of drug-likeness (QED) is 0.501. The molecule has 1 aliphatic carbocycles. The van der Waals surface area contributed by atoms with Crippen LogP contribution in [-0.4, -0.2) is 15.0 Å². The smallest absolute Gasteiger partial charge is 0.138 e. The molecule has 2 aromatic carbocycles. The van der Waals surface area contributed by atoms with Crippen molar-refractivity contribution in [2.75, 3.05) is 0 Å². The Hall–Kier alpha value is -2.94. The number of pyridine rings is 1. The molecule has 0 unspecified atom stereocenters. The Kier molecular flexibility index (Phi) is 2.27. The van der Waals surface area contributed by atoms with Crippen molar-refractivity contribution in [1.82, 2.24) is 15.0 Å². The van der Waals surface area contributed by atoms with Crippen LogP contribution in [0.3, 0.4) is 0 Å². The molecule has 104 valence electrons. The van der Waals surface area contributed by atoms with E-state index in [1.807, 2.05) is 12.3 Å². The maximum atomic E-state index is 4.73. The van der Waals surface area contributed by atoms with Crippen LogP contribution >= 0.6 is 0 Å². The first-order valence-corrected chi connectivity index (χ1v) is 7.40. The van der Waals surface area contributed by atoms with Gasteiger partial charge in [0.1, 0.15) is 5.82 Å². The van der Waals surface area contributed by atoms with Crippen LogP contribution in [-0.2, 0) is 6.42 Å². The largest absolute Gasteiger partial charge is 0.337 e. The number of imidazole rings is 1. The second-order valence-corrected chi connectivity index (χ2v) is 5.64. The number of fused-ring (bicyclic) bond motifs is 4. The van der Waals surface area contributed by atoms with Gasteiger partial charge in [0.05, 0.1) is 17.2 Å². The van der Waals surface area contributed by atoms with E-state index in [9.17, 15) is 0 Å². The number of aromatic amines is 1. The van der Waals surface area contributed by atoms with Gasteiger partial charge in [0, 0.05) is 11.8 Å². The molecular formula is C19H13N3. The van der Waals surface area contributed by atoms with Crippen LogP contribution in [0.15, 0.2) is 60.9 Å². The average Bonchev–Trinajstić information content (AvgIpc) is 3.15. The van der Waals surface area contributed by atoms with Gasteiger partial charge in [0.2, 0.25) is 0 Å². The van der Waals surface area contributed by atoms with Crippen LogP contribution in [0, 0.1) is 0 Å². The van der Waals surface area contributed by atoms with Gasteiger partial charge in [-0.05, 0) is 34.7 Å². The maximum absolute atomic E-state index is 4.73. The van der Waals surface area contributed by atoms with Crippen molar-refractivity contribution >= 4 is 11.0 Å². The van der Waals surface area contributed by atoms with Crippen molar-refractivity contribution in [3.05, 3.63) is 72.1 Å². The molecule has 5 rings (SSSR count). The Bertz CT molecular complexity index is 981. The molecule has 0 aliphatic heterocycles. The predicted molar refractivity (Wildman–Crippen MR) is 87.6 cm³/mol. The lowest BCUT2D eigenvalue weighted by Crippen LogP contribution is -1.89. The third-order valence-corrected chi connectivity index (χ3v) is 4.39. The minimum absolute atomic E-state index is 0.924. The van der Waals surface area contributed by atoms with Crippen molar-refractivity contribution in [3.63, 3.8) is 0 Å². The summed E-state index contributed by atoms with van der Waals surface area (Å²) in [6.07, 6.45) is 4.57. The molecule has 0 radical (unpaired) electrons. The fourth-order valence-electron chi connectivity index (χ4n) is 3.36. The standard InChI is InChI=1S/C19H13N3/c1-2-5-13-12(4-1)10-16-14(13)6-3-7-15(16)19-21-17-8-9-20-11-18(17)22-19/h1-9,11H,10H2,(H,21,22). The highest BCUT2D eigenvalue weighted by Crippen LogP contribution is 2.40. The fourth-order valence-corrected chi connectivity index (χ4v) is 3.36. The summed E-state index contributed by atoms with van der Waals surface area (Å²) in [7, 11) is 0. The lowest BCUT2D eigenvalue weighted by molar-refractivity contribution is 1.23. The van der Waals surface area contributed by atoms with Crippen molar-refractivity contribution < 1.29 is 0 Å². The second-order valence-electron chi connectivity index (χ2n) is 5.64. The molecule has 0 saturated heterocycles. The molecule has 0 bridgehead atoms. The number of hydrogen-bond acceptors (Lipinski definition) is 2. The van der Waals surface area contributed by atoms with Crippen LogP contribution in [0.5, 0.6) is 0 Å². The minimum Gasteiger partial charge on any atom is -0.337 e. The van der Waals surface area contributed by atoms with E-state index in [0.717, 1.165) is 23.3 Å². The highest BCUT2D eigenvalue weighted by atomic mass is 14.9. The highest BCUT2D eigenvalue weighted by Gasteiger charge is 2.22. The van der Waals surface area contributed by atoms with Crippen LogP contribution in [0.2, 0.25) is 0 Å². The van der Waals surface area contributed by atoms with E-state index >= 15 is 0 Å². The van der Waals surface area contributed by atoms with Crippen molar-refractivity contribution in [1.29, 1.82) is 0 Å². The Balaban J connectivity index is 1.74. The first kappa shape index (κ1) is 11.7. The van der Waals surface area contributed by atoms with Gasteiger partial charge in [-0.3, -0.25) is 4.98 Å². The lowest BCUT2D eigenvalue weighted by Gasteiger charge is -2.05. The highest BCUT2D eigenvalue weighted by molar-refractivity contribution is 5.85. The van der Waals surface area contributed by atoms with E-state index in [4.69, 9.17) is 4.98 Å². The van der Waals surface area contributed by atoms with Gasteiger partial charge in [0.15, 0.2) is 0 Å². The predicted octanol–water partition coefficient (Wildman–Crippen LogP) is 4.20. The molecule has 4 aromatic rings. The Labute approximate surface area is 127 Å². The van der Waals surface area contributed by atoms with E-state index in [1.54, 1.807) is 6.20 Å². The maximum Gasteiger partial charge on any atom is 0.138 e. The summed E-state index contributed by atoms with van der Waals surface area (Å²) in [4.78, 5) is 12.3. The minimum atomic E-state index is 0.924. The summed E-state index contributed by atoms with van der Waals surface area (Å²) in [5.41, 5.74) is 8.54. The third kappa shape index (κ3) is 1.56. The van der Waals surface area contributed by atoms with Crippen molar-refractivity contribution in [3.8, 4) is 22.5 Å². The number of nitrogens with one attached hydrogen (secondary N) is 1. The Morgan fingerprint density at radius 3 is 2.68 bits per heavy atom.